The van der Waals surface area contributed by atoms with Gasteiger partial charge in [0.1, 0.15) is 11.8 Å². The molecule has 3 rings (SSSR count). The van der Waals surface area contributed by atoms with Crippen molar-refractivity contribution in [2.24, 2.45) is 0 Å². The maximum Gasteiger partial charge on any atom is 0.311 e. The standard InChI is InChI=1S/C29H32ClN3O6/c1-4-20(2)31-29(35)26(16-21-10-6-5-7-11-21)32(18-22-12-8-9-13-24(22)30)28(34)19-39-23-14-15-25(33(36)37)27(17-23)38-3/h5-15,17,20,26H,4,16,18-19H2,1-3H3,(H,31,35). The van der Waals surface area contributed by atoms with Crippen LogP contribution in [0.5, 0.6) is 11.5 Å². The zero-order valence-corrected chi connectivity index (χ0v) is 22.9. The van der Waals surface area contributed by atoms with Crippen LogP contribution in [-0.4, -0.2) is 47.4 Å². The lowest BCUT2D eigenvalue weighted by Crippen LogP contribution is -2.53. The molecule has 3 aromatic carbocycles. The fourth-order valence-electron chi connectivity index (χ4n) is 3.93. The van der Waals surface area contributed by atoms with E-state index in [1.54, 1.807) is 18.2 Å². The van der Waals surface area contributed by atoms with Crippen molar-refractivity contribution in [3.63, 3.8) is 0 Å². The molecule has 0 aliphatic heterocycles. The van der Waals surface area contributed by atoms with Gasteiger partial charge in [-0.25, -0.2) is 0 Å². The molecular formula is C29H32ClN3O6. The van der Waals surface area contributed by atoms with Crippen molar-refractivity contribution in [3.8, 4) is 11.5 Å². The van der Waals surface area contributed by atoms with E-state index in [0.717, 1.165) is 12.0 Å². The Morgan fingerprint density at radius 3 is 2.41 bits per heavy atom. The van der Waals surface area contributed by atoms with Crippen molar-refractivity contribution in [2.75, 3.05) is 13.7 Å². The third-order valence-electron chi connectivity index (χ3n) is 6.28. The van der Waals surface area contributed by atoms with Gasteiger partial charge in [-0.3, -0.25) is 19.7 Å². The third-order valence-corrected chi connectivity index (χ3v) is 6.65. The minimum absolute atomic E-state index is 0.00718. The molecule has 2 atom stereocenters. The number of carbonyl (C=O) groups excluding carboxylic acids is 2. The van der Waals surface area contributed by atoms with Crippen LogP contribution in [0.1, 0.15) is 31.4 Å². The lowest BCUT2D eigenvalue weighted by Gasteiger charge is -2.32. The summed E-state index contributed by atoms with van der Waals surface area (Å²) in [6.07, 6.45) is 1.01. The lowest BCUT2D eigenvalue weighted by atomic mass is 10.0. The molecule has 1 N–H and O–H groups in total. The van der Waals surface area contributed by atoms with Crippen molar-refractivity contribution in [2.45, 2.75) is 45.3 Å². The minimum atomic E-state index is -0.847. The molecule has 0 saturated heterocycles. The molecule has 206 valence electrons. The number of nitro groups is 1. The molecule has 0 radical (unpaired) electrons. The van der Waals surface area contributed by atoms with Gasteiger partial charge in [0, 0.05) is 36.2 Å². The summed E-state index contributed by atoms with van der Waals surface area (Å²) in [6.45, 7) is 3.54. The van der Waals surface area contributed by atoms with Crippen LogP contribution in [0.15, 0.2) is 72.8 Å². The monoisotopic (exact) mass is 553 g/mol. The summed E-state index contributed by atoms with van der Waals surface area (Å²) in [7, 11) is 1.31. The normalized spacial score (nSPS) is 12.2. The van der Waals surface area contributed by atoms with Gasteiger partial charge in [0.05, 0.1) is 12.0 Å². The number of benzene rings is 3. The van der Waals surface area contributed by atoms with Gasteiger partial charge in [-0.15, -0.1) is 0 Å². The van der Waals surface area contributed by atoms with Gasteiger partial charge in [-0.2, -0.15) is 0 Å². The highest BCUT2D eigenvalue weighted by Crippen LogP contribution is 2.31. The molecule has 10 heteroatoms. The number of rotatable bonds is 13. The first-order valence-corrected chi connectivity index (χ1v) is 12.9. The van der Waals surface area contributed by atoms with E-state index in [0.29, 0.717) is 10.6 Å². The molecule has 39 heavy (non-hydrogen) atoms. The van der Waals surface area contributed by atoms with Crippen molar-refractivity contribution < 1.29 is 24.0 Å². The van der Waals surface area contributed by atoms with Gasteiger partial charge in [0.2, 0.25) is 11.7 Å². The quantitative estimate of drug-likeness (QED) is 0.230. The Morgan fingerprint density at radius 2 is 1.77 bits per heavy atom. The van der Waals surface area contributed by atoms with Crippen LogP contribution < -0.4 is 14.8 Å². The van der Waals surface area contributed by atoms with Crippen molar-refractivity contribution in [1.82, 2.24) is 10.2 Å². The summed E-state index contributed by atoms with van der Waals surface area (Å²) in [6, 6.07) is 19.6. The minimum Gasteiger partial charge on any atom is -0.490 e. The molecule has 0 aromatic heterocycles. The summed E-state index contributed by atoms with van der Waals surface area (Å²) in [4.78, 5) is 39.3. The van der Waals surface area contributed by atoms with Gasteiger partial charge in [-0.05, 0) is 36.6 Å². The molecular weight excluding hydrogens is 522 g/mol. The topological polar surface area (TPSA) is 111 Å². The summed E-state index contributed by atoms with van der Waals surface area (Å²) < 4.78 is 10.8. The van der Waals surface area contributed by atoms with Crippen LogP contribution in [0, 0.1) is 10.1 Å². The highest BCUT2D eigenvalue weighted by atomic mass is 35.5. The second-order valence-electron chi connectivity index (χ2n) is 9.02. The van der Waals surface area contributed by atoms with Crippen molar-refractivity contribution in [3.05, 3.63) is 99.1 Å². The maximum absolute atomic E-state index is 13.7. The zero-order valence-electron chi connectivity index (χ0n) is 22.1. The van der Waals surface area contributed by atoms with Crippen LogP contribution in [-0.2, 0) is 22.6 Å². The third kappa shape index (κ3) is 8.19. The summed E-state index contributed by atoms with van der Waals surface area (Å²) in [5, 5.41) is 14.7. The zero-order chi connectivity index (χ0) is 28.4. The average Bonchev–Trinajstić information content (AvgIpc) is 2.94. The largest absolute Gasteiger partial charge is 0.490 e. The predicted octanol–water partition coefficient (Wildman–Crippen LogP) is 5.19. The Kier molecular flexibility index (Phi) is 10.7. The van der Waals surface area contributed by atoms with E-state index >= 15 is 0 Å². The lowest BCUT2D eigenvalue weighted by molar-refractivity contribution is -0.385. The van der Waals surface area contributed by atoms with E-state index < -0.39 is 23.5 Å². The average molecular weight is 554 g/mol. The molecule has 0 bridgehead atoms. The van der Waals surface area contributed by atoms with E-state index in [1.807, 2.05) is 50.2 Å². The van der Waals surface area contributed by atoms with E-state index in [9.17, 15) is 19.7 Å². The first kappa shape index (κ1) is 29.4. The van der Waals surface area contributed by atoms with Gasteiger partial charge in [0.25, 0.3) is 5.91 Å². The molecule has 0 aliphatic rings. The fourth-order valence-corrected chi connectivity index (χ4v) is 4.13. The first-order valence-electron chi connectivity index (χ1n) is 12.6. The van der Waals surface area contributed by atoms with Crippen molar-refractivity contribution >= 4 is 29.1 Å². The molecule has 0 fully saturated rings. The molecule has 3 aromatic rings. The van der Waals surface area contributed by atoms with E-state index in [2.05, 4.69) is 5.32 Å². The molecule has 0 heterocycles. The Bertz CT molecular complexity index is 1290. The fraction of sp³-hybridized carbons (Fsp3) is 0.310. The Morgan fingerprint density at radius 1 is 1.08 bits per heavy atom. The van der Waals surface area contributed by atoms with Crippen molar-refractivity contribution in [1.29, 1.82) is 0 Å². The maximum atomic E-state index is 13.7. The molecule has 2 amide bonds. The summed E-state index contributed by atoms with van der Waals surface area (Å²) >= 11 is 6.43. The van der Waals surface area contributed by atoms with E-state index in [1.165, 1.54) is 30.2 Å². The number of methoxy groups -OCH3 is 1. The smallest absolute Gasteiger partial charge is 0.311 e. The van der Waals surface area contributed by atoms with Crippen LogP contribution >= 0.6 is 11.6 Å². The number of halogens is 1. The number of nitrogens with zero attached hydrogens (tertiary/aromatic N) is 2. The summed E-state index contributed by atoms with van der Waals surface area (Å²) in [5.41, 5.74) is 1.35. The summed E-state index contributed by atoms with van der Waals surface area (Å²) in [5.74, 6) is -0.516. The Hall–Kier alpha value is -4.11. The second-order valence-corrected chi connectivity index (χ2v) is 9.42. The number of hydrogen-bond acceptors (Lipinski definition) is 6. The SMILES string of the molecule is CCC(C)NC(=O)C(Cc1ccccc1)N(Cc1ccccc1Cl)C(=O)COc1ccc([N+](=O)[O-])c(OC)c1. The van der Waals surface area contributed by atoms with Crippen LogP contribution in [0.4, 0.5) is 5.69 Å². The number of nitrogens with one attached hydrogen (secondary N) is 1. The number of hydrogen-bond donors (Lipinski definition) is 1. The Labute approximate surface area is 232 Å². The highest BCUT2D eigenvalue weighted by Gasteiger charge is 2.31. The first-order chi connectivity index (χ1) is 18.7. The molecule has 0 saturated carbocycles. The number of ether oxygens (including phenoxy) is 2. The van der Waals surface area contributed by atoms with Gasteiger partial charge >= 0.3 is 5.69 Å². The number of amides is 2. The number of carbonyl (C=O) groups is 2. The predicted molar refractivity (Wildman–Crippen MR) is 149 cm³/mol. The van der Waals surface area contributed by atoms with Crippen LogP contribution in [0.2, 0.25) is 5.02 Å². The van der Waals surface area contributed by atoms with Gasteiger partial charge in [0.15, 0.2) is 6.61 Å². The number of nitro benzene ring substituents is 1. The Balaban J connectivity index is 1.93. The second kappa shape index (κ2) is 14.2. The molecule has 0 spiro atoms. The highest BCUT2D eigenvalue weighted by molar-refractivity contribution is 6.31. The van der Waals surface area contributed by atoms with E-state index in [-0.39, 0.29) is 42.1 Å². The van der Waals surface area contributed by atoms with Gasteiger partial charge in [-0.1, -0.05) is 67.1 Å². The van der Waals surface area contributed by atoms with Crippen LogP contribution in [0.3, 0.4) is 0 Å². The van der Waals surface area contributed by atoms with Crippen LogP contribution in [0.25, 0.3) is 0 Å². The van der Waals surface area contributed by atoms with E-state index in [4.69, 9.17) is 21.1 Å². The molecule has 9 nitrogen and oxygen atoms in total. The molecule has 2 unspecified atom stereocenters. The molecule has 0 aliphatic carbocycles. The van der Waals surface area contributed by atoms with Gasteiger partial charge < -0.3 is 19.7 Å².